The van der Waals surface area contributed by atoms with E-state index in [-0.39, 0.29) is 31.0 Å². The maximum atomic E-state index is 12.6. The van der Waals surface area contributed by atoms with Crippen LogP contribution in [-0.2, 0) is 11.3 Å². The van der Waals surface area contributed by atoms with Gasteiger partial charge < -0.3 is 10.4 Å². The molecule has 2 aromatic carbocycles. The quantitative estimate of drug-likeness (QED) is 0.674. The summed E-state index contributed by atoms with van der Waals surface area (Å²) >= 11 is 3.49. The first-order valence-corrected chi connectivity index (χ1v) is 9.65. The summed E-state index contributed by atoms with van der Waals surface area (Å²) in [6, 6.07) is 15.8. The standard InChI is InChI=1S/C21H27BrN2O2/c1-15(2)20(14-25)24(12-17-7-5-4-6-8-17)13-21(26)23-19-10-9-16(3)11-18(19)22/h4-11,15,20,25H,12-14H2,1-3H3,(H,23,26). The van der Waals surface area contributed by atoms with Crippen LogP contribution in [0.2, 0.25) is 0 Å². The van der Waals surface area contributed by atoms with E-state index in [1.54, 1.807) is 0 Å². The first-order chi connectivity index (χ1) is 12.4. The van der Waals surface area contributed by atoms with E-state index in [1.165, 1.54) is 0 Å². The van der Waals surface area contributed by atoms with Crippen LogP contribution in [0.25, 0.3) is 0 Å². The van der Waals surface area contributed by atoms with E-state index in [0.29, 0.717) is 6.54 Å². The number of aliphatic hydroxyl groups excluding tert-OH is 1. The van der Waals surface area contributed by atoms with Crippen LogP contribution in [0, 0.1) is 12.8 Å². The molecule has 1 atom stereocenters. The Morgan fingerprint density at radius 2 is 1.88 bits per heavy atom. The van der Waals surface area contributed by atoms with Gasteiger partial charge in [0.05, 0.1) is 18.8 Å². The molecule has 26 heavy (non-hydrogen) atoms. The number of anilines is 1. The van der Waals surface area contributed by atoms with E-state index >= 15 is 0 Å². The fourth-order valence-corrected chi connectivity index (χ4v) is 3.54. The molecule has 2 rings (SSSR count). The molecule has 1 unspecified atom stereocenters. The predicted octanol–water partition coefficient (Wildman–Crippen LogP) is 4.22. The molecule has 0 bridgehead atoms. The molecule has 5 heteroatoms. The lowest BCUT2D eigenvalue weighted by molar-refractivity contribution is -0.118. The van der Waals surface area contributed by atoms with Gasteiger partial charge in [0, 0.05) is 17.1 Å². The van der Waals surface area contributed by atoms with Crippen molar-refractivity contribution in [2.45, 2.75) is 33.4 Å². The summed E-state index contributed by atoms with van der Waals surface area (Å²) in [6.45, 7) is 6.99. The highest BCUT2D eigenvalue weighted by Crippen LogP contribution is 2.23. The molecule has 2 N–H and O–H groups in total. The van der Waals surface area contributed by atoms with Gasteiger partial charge >= 0.3 is 0 Å². The molecule has 0 aliphatic carbocycles. The van der Waals surface area contributed by atoms with Crippen LogP contribution in [0.5, 0.6) is 0 Å². The maximum absolute atomic E-state index is 12.6. The molecule has 0 radical (unpaired) electrons. The molecular formula is C21H27BrN2O2. The molecule has 140 valence electrons. The average Bonchev–Trinajstić information content (AvgIpc) is 2.58. The SMILES string of the molecule is Cc1ccc(NC(=O)CN(Cc2ccccc2)C(CO)C(C)C)c(Br)c1. The van der Waals surface area contributed by atoms with Crippen LogP contribution in [0.4, 0.5) is 5.69 Å². The average molecular weight is 419 g/mol. The summed E-state index contributed by atoms with van der Waals surface area (Å²) in [7, 11) is 0. The molecule has 0 aliphatic rings. The lowest BCUT2D eigenvalue weighted by Gasteiger charge is -2.32. The van der Waals surface area contributed by atoms with Crippen molar-refractivity contribution in [1.29, 1.82) is 0 Å². The Hall–Kier alpha value is -1.69. The number of nitrogens with zero attached hydrogens (tertiary/aromatic N) is 1. The lowest BCUT2D eigenvalue weighted by atomic mass is 10.0. The number of carbonyl (C=O) groups excluding carboxylic acids is 1. The predicted molar refractivity (Wildman–Crippen MR) is 110 cm³/mol. The number of aliphatic hydroxyl groups is 1. The number of hydrogen-bond acceptors (Lipinski definition) is 3. The van der Waals surface area contributed by atoms with Gasteiger partial charge in [-0.15, -0.1) is 0 Å². The molecule has 0 aromatic heterocycles. The maximum Gasteiger partial charge on any atom is 0.238 e. The molecule has 0 saturated heterocycles. The van der Waals surface area contributed by atoms with Crippen molar-refractivity contribution in [3.05, 3.63) is 64.1 Å². The zero-order valence-electron chi connectivity index (χ0n) is 15.6. The topological polar surface area (TPSA) is 52.6 Å². The van der Waals surface area contributed by atoms with Gasteiger partial charge in [-0.05, 0) is 52.0 Å². The molecule has 2 aromatic rings. The third-order valence-corrected chi connectivity index (χ3v) is 5.06. The highest BCUT2D eigenvalue weighted by atomic mass is 79.9. The minimum absolute atomic E-state index is 0.0198. The van der Waals surface area contributed by atoms with Gasteiger partial charge in [-0.2, -0.15) is 0 Å². The Kier molecular flexibility index (Phi) is 7.82. The number of halogens is 1. The number of hydrogen-bond donors (Lipinski definition) is 2. The first-order valence-electron chi connectivity index (χ1n) is 8.85. The van der Waals surface area contributed by atoms with E-state index < -0.39 is 0 Å². The molecular weight excluding hydrogens is 392 g/mol. The van der Waals surface area contributed by atoms with Gasteiger partial charge in [-0.3, -0.25) is 9.69 Å². The fraction of sp³-hybridized carbons (Fsp3) is 0.381. The largest absolute Gasteiger partial charge is 0.395 e. The summed E-state index contributed by atoms with van der Waals surface area (Å²) in [5.74, 6) is 0.146. The van der Waals surface area contributed by atoms with Crippen LogP contribution in [0.3, 0.4) is 0 Å². The Labute approximate surface area is 164 Å². The van der Waals surface area contributed by atoms with Crippen LogP contribution in [0.1, 0.15) is 25.0 Å². The monoisotopic (exact) mass is 418 g/mol. The second kappa shape index (κ2) is 9.86. The van der Waals surface area contributed by atoms with Crippen molar-refractivity contribution in [3.63, 3.8) is 0 Å². The second-order valence-electron chi connectivity index (χ2n) is 6.92. The van der Waals surface area contributed by atoms with Crippen molar-refractivity contribution in [1.82, 2.24) is 4.90 Å². The number of carbonyl (C=O) groups is 1. The summed E-state index contributed by atoms with van der Waals surface area (Å²) in [4.78, 5) is 14.7. The lowest BCUT2D eigenvalue weighted by Crippen LogP contribution is -2.45. The zero-order chi connectivity index (χ0) is 19.1. The van der Waals surface area contributed by atoms with Crippen molar-refractivity contribution < 1.29 is 9.90 Å². The van der Waals surface area contributed by atoms with Gasteiger partial charge in [-0.25, -0.2) is 0 Å². The summed E-state index contributed by atoms with van der Waals surface area (Å²) in [5.41, 5.74) is 3.00. The van der Waals surface area contributed by atoms with Crippen LogP contribution >= 0.6 is 15.9 Å². The van der Waals surface area contributed by atoms with Crippen molar-refractivity contribution >= 4 is 27.5 Å². The summed E-state index contributed by atoms with van der Waals surface area (Å²) in [5, 5.41) is 12.8. The van der Waals surface area contributed by atoms with Crippen LogP contribution in [-0.4, -0.2) is 35.1 Å². The van der Waals surface area contributed by atoms with E-state index in [2.05, 4.69) is 35.1 Å². The van der Waals surface area contributed by atoms with Crippen LogP contribution < -0.4 is 5.32 Å². The minimum Gasteiger partial charge on any atom is -0.395 e. The van der Waals surface area contributed by atoms with Crippen molar-refractivity contribution in [2.75, 3.05) is 18.5 Å². The van der Waals surface area contributed by atoms with Crippen LogP contribution in [0.15, 0.2) is 53.0 Å². The zero-order valence-corrected chi connectivity index (χ0v) is 17.2. The molecule has 0 saturated carbocycles. The van der Waals surface area contributed by atoms with Crippen molar-refractivity contribution in [2.24, 2.45) is 5.92 Å². The number of nitrogens with one attached hydrogen (secondary N) is 1. The molecule has 0 spiro atoms. The first kappa shape index (κ1) is 20.6. The number of amides is 1. The van der Waals surface area contributed by atoms with E-state index in [1.807, 2.05) is 60.4 Å². The molecule has 0 fully saturated rings. The normalized spacial score (nSPS) is 12.4. The minimum atomic E-state index is -0.0930. The van der Waals surface area contributed by atoms with E-state index in [9.17, 15) is 9.90 Å². The number of rotatable bonds is 8. The van der Waals surface area contributed by atoms with Gasteiger partial charge in [0.15, 0.2) is 0 Å². The van der Waals surface area contributed by atoms with Gasteiger partial charge in [0.2, 0.25) is 5.91 Å². The molecule has 0 heterocycles. The molecule has 0 aliphatic heterocycles. The highest BCUT2D eigenvalue weighted by molar-refractivity contribution is 9.10. The van der Waals surface area contributed by atoms with Gasteiger partial charge in [0.1, 0.15) is 0 Å². The molecule has 1 amide bonds. The fourth-order valence-electron chi connectivity index (χ4n) is 2.95. The third-order valence-electron chi connectivity index (χ3n) is 4.40. The Morgan fingerprint density at radius 3 is 2.46 bits per heavy atom. The smallest absolute Gasteiger partial charge is 0.238 e. The van der Waals surface area contributed by atoms with Gasteiger partial charge in [-0.1, -0.05) is 50.2 Å². The number of aryl methyl sites for hydroxylation is 1. The van der Waals surface area contributed by atoms with Gasteiger partial charge in [0.25, 0.3) is 0 Å². The molecule has 4 nitrogen and oxygen atoms in total. The summed E-state index contributed by atoms with van der Waals surface area (Å²) in [6.07, 6.45) is 0. The number of benzene rings is 2. The summed E-state index contributed by atoms with van der Waals surface area (Å²) < 4.78 is 0.864. The van der Waals surface area contributed by atoms with E-state index in [0.717, 1.165) is 21.3 Å². The Balaban J connectivity index is 2.12. The second-order valence-corrected chi connectivity index (χ2v) is 7.77. The highest BCUT2D eigenvalue weighted by Gasteiger charge is 2.23. The van der Waals surface area contributed by atoms with Crippen molar-refractivity contribution in [3.8, 4) is 0 Å². The third kappa shape index (κ3) is 5.94. The Morgan fingerprint density at radius 1 is 1.19 bits per heavy atom. The Bertz CT molecular complexity index is 719. The van der Waals surface area contributed by atoms with E-state index in [4.69, 9.17) is 0 Å².